The number of nitrogens with one attached hydrogen (secondary N) is 1. The number of anilines is 1. The van der Waals surface area contributed by atoms with E-state index in [9.17, 15) is 14.0 Å². The molecule has 0 spiro atoms. The van der Waals surface area contributed by atoms with Crippen LogP contribution in [0.1, 0.15) is 88.7 Å². The lowest BCUT2D eigenvalue weighted by atomic mass is 9.95. The van der Waals surface area contributed by atoms with Crippen LogP contribution in [0.4, 0.5) is 10.1 Å². The lowest BCUT2D eigenvalue weighted by Crippen LogP contribution is -2.46. The number of carbonyl (C=O) groups excluding carboxylic acids is 2. The number of halogens is 1. The molecule has 6 rings (SSSR count). The number of rotatable bonds is 10. The second-order valence-corrected chi connectivity index (χ2v) is 14.3. The minimum atomic E-state index is -0.888. The van der Waals surface area contributed by atoms with Crippen LogP contribution in [0.5, 0.6) is 0 Å². The molecule has 1 N–H and O–H groups in total. The highest BCUT2D eigenvalue weighted by Gasteiger charge is 2.40. The molecule has 2 unspecified atom stereocenters. The van der Waals surface area contributed by atoms with Crippen molar-refractivity contribution in [1.29, 1.82) is 0 Å². The molecule has 8 heteroatoms. The largest absolute Gasteiger partial charge is 0.460 e. The van der Waals surface area contributed by atoms with Gasteiger partial charge in [-0.05, 0) is 101 Å². The molecule has 2 aliphatic rings. The number of ether oxygens (including phenoxy) is 3. The summed E-state index contributed by atoms with van der Waals surface area (Å²) in [5.41, 5.74) is 5.20. The van der Waals surface area contributed by atoms with Crippen molar-refractivity contribution in [3.63, 3.8) is 0 Å². The number of hydrogen-bond donors (Lipinski definition) is 1. The number of benzene rings is 3. The Bertz CT molecular complexity index is 1740. The van der Waals surface area contributed by atoms with Gasteiger partial charge in [0, 0.05) is 35.8 Å². The fourth-order valence-corrected chi connectivity index (χ4v) is 6.75. The van der Waals surface area contributed by atoms with E-state index in [1.165, 1.54) is 12.1 Å². The lowest BCUT2D eigenvalue weighted by molar-refractivity contribution is -0.301. The normalized spacial score (nSPS) is 19.1. The molecular formula is C40H45FN2O5. The van der Waals surface area contributed by atoms with Gasteiger partial charge in [0.25, 0.3) is 5.91 Å². The number of hydrogen-bond acceptors (Lipinski definition) is 5. The number of aromatic nitrogens is 1. The van der Waals surface area contributed by atoms with Gasteiger partial charge in [0.1, 0.15) is 11.4 Å². The van der Waals surface area contributed by atoms with Gasteiger partial charge in [-0.2, -0.15) is 0 Å². The number of amides is 1. The zero-order valence-corrected chi connectivity index (χ0v) is 28.4. The molecule has 252 valence electrons. The quantitative estimate of drug-likeness (QED) is 0.173. The van der Waals surface area contributed by atoms with Crippen molar-refractivity contribution < 1.29 is 28.2 Å². The van der Waals surface area contributed by atoms with Crippen LogP contribution >= 0.6 is 0 Å². The summed E-state index contributed by atoms with van der Waals surface area (Å²) in [7, 11) is 0. The summed E-state index contributed by atoms with van der Waals surface area (Å²) in [6, 6.07) is 25.9. The van der Waals surface area contributed by atoms with Crippen molar-refractivity contribution in [2.24, 2.45) is 0 Å². The van der Waals surface area contributed by atoms with Gasteiger partial charge in [-0.3, -0.25) is 9.59 Å². The van der Waals surface area contributed by atoms with Crippen LogP contribution in [0.15, 0.2) is 84.9 Å². The smallest absolute Gasteiger partial charge is 0.308 e. The van der Waals surface area contributed by atoms with E-state index in [4.69, 9.17) is 14.2 Å². The fraction of sp³-hybridized carbons (Fsp3) is 0.400. The Morgan fingerprint density at radius 3 is 2.15 bits per heavy atom. The van der Waals surface area contributed by atoms with Crippen LogP contribution < -0.4 is 5.32 Å². The summed E-state index contributed by atoms with van der Waals surface area (Å²) in [5, 5.41) is 3.15. The molecule has 2 heterocycles. The molecule has 4 aromatic rings. The fourth-order valence-electron chi connectivity index (χ4n) is 6.75. The Hall–Kier alpha value is -4.27. The van der Waals surface area contributed by atoms with Crippen LogP contribution in [0.3, 0.4) is 0 Å². The van der Waals surface area contributed by atoms with Crippen molar-refractivity contribution in [2.45, 2.75) is 103 Å². The topological polar surface area (TPSA) is 78.8 Å². The summed E-state index contributed by atoms with van der Waals surface area (Å²) in [4.78, 5) is 27.1. The lowest BCUT2D eigenvalue weighted by Gasteiger charge is -2.41. The van der Waals surface area contributed by atoms with Crippen LogP contribution in [0, 0.1) is 5.82 Å². The predicted molar refractivity (Wildman–Crippen MR) is 185 cm³/mol. The third-order valence-electron chi connectivity index (χ3n) is 8.62. The third kappa shape index (κ3) is 8.05. The molecule has 1 aromatic heterocycles. The van der Waals surface area contributed by atoms with Crippen molar-refractivity contribution in [3.05, 3.63) is 102 Å². The Labute approximate surface area is 282 Å². The van der Waals surface area contributed by atoms with Gasteiger partial charge in [0.05, 0.1) is 29.9 Å². The maximum Gasteiger partial charge on any atom is 0.308 e. The van der Waals surface area contributed by atoms with Crippen molar-refractivity contribution in [1.82, 2.24) is 4.57 Å². The Morgan fingerprint density at radius 1 is 0.896 bits per heavy atom. The van der Waals surface area contributed by atoms with Gasteiger partial charge < -0.3 is 24.1 Å². The van der Waals surface area contributed by atoms with E-state index in [1.807, 2.05) is 95.3 Å². The average molecular weight is 653 g/mol. The highest BCUT2D eigenvalue weighted by molar-refractivity contribution is 6.12. The van der Waals surface area contributed by atoms with Gasteiger partial charge in [0.15, 0.2) is 5.79 Å². The van der Waals surface area contributed by atoms with E-state index in [1.54, 1.807) is 12.1 Å². The molecule has 1 aliphatic heterocycles. The zero-order chi connectivity index (χ0) is 34.1. The van der Waals surface area contributed by atoms with Crippen LogP contribution in [-0.2, 0) is 25.5 Å². The molecule has 48 heavy (non-hydrogen) atoms. The monoisotopic (exact) mass is 652 g/mol. The van der Waals surface area contributed by atoms with Crippen molar-refractivity contribution in [3.8, 4) is 22.4 Å². The molecule has 0 radical (unpaired) electrons. The molecule has 1 amide bonds. The molecule has 1 aliphatic carbocycles. The number of para-hydroxylation sites is 1. The van der Waals surface area contributed by atoms with Gasteiger partial charge in [-0.25, -0.2) is 4.39 Å². The number of esters is 1. The van der Waals surface area contributed by atoms with Crippen LogP contribution in [-0.4, -0.2) is 40.0 Å². The van der Waals surface area contributed by atoms with Gasteiger partial charge >= 0.3 is 5.97 Å². The molecule has 1 saturated carbocycles. The highest BCUT2D eigenvalue weighted by Crippen LogP contribution is 2.49. The summed E-state index contributed by atoms with van der Waals surface area (Å²) in [6.45, 7) is 9.86. The van der Waals surface area contributed by atoms with Gasteiger partial charge in [-0.1, -0.05) is 48.5 Å². The number of carbonyl (C=O) groups is 2. The minimum absolute atomic E-state index is 0.139. The summed E-state index contributed by atoms with van der Waals surface area (Å²) < 4.78 is 34.7. The molecule has 3 aromatic carbocycles. The van der Waals surface area contributed by atoms with E-state index < -0.39 is 11.4 Å². The molecule has 2 fully saturated rings. The maximum atomic E-state index is 14.4. The minimum Gasteiger partial charge on any atom is -0.460 e. The predicted octanol–water partition coefficient (Wildman–Crippen LogP) is 9.12. The molecular weight excluding hydrogens is 607 g/mol. The van der Waals surface area contributed by atoms with E-state index in [0.29, 0.717) is 30.6 Å². The zero-order valence-electron chi connectivity index (χ0n) is 28.4. The van der Waals surface area contributed by atoms with E-state index >= 15 is 0 Å². The van der Waals surface area contributed by atoms with Crippen molar-refractivity contribution in [2.75, 3.05) is 5.32 Å². The molecule has 0 bridgehead atoms. The first-order chi connectivity index (χ1) is 22.9. The Kier molecular flexibility index (Phi) is 9.59. The van der Waals surface area contributed by atoms with Crippen LogP contribution in [0.2, 0.25) is 0 Å². The first kappa shape index (κ1) is 33.6. The Morgan fingerprint density at radius 2 is 1.52 bits per heavy atom. The maximum absolute atomic E-state index is 14.4. The first-order valence-corrected chi connectivity index (χ1v) is 16.9. The summed E-state index contributed by atoms with van der Waals surface area (Å²) in [6.07, 6.45) is 2.68. The van der Waals surface area contributed by atoms with Crippen molar-refractivity contribution >= 4 is 17.6 Å². The Balaban J connectivity index is 1.41. The summed E-state index contributed by atoms with van der Waals surface area (Å²) >= 11 is 0. The van der Waals surface area contributed by atoms with Crippen LogP contribution in [0.25, 0.3) is 22.4 Å². The highest BCUT2D eigenvalue weighted by atomic mass is 19.1. The molecule has 2 atom stereocenters. The van der Waals surface area contributed by atoms with Gasteiger partial charge in [-0.15, -0.1) is 0 Å². The van der Waals surface area contributed by atoms with E-state index in [0.717, 1.165) is 40.9 Å². The van der Waals surface area contributed by atoms with Gasteiger partial charge in [0.2, 0.25) is 0 Å². The SMILES string of the molecule is CC(C)(C)OC(=O)CC1CC(CCn2c(-c3ccc(F)cc3)c(-c3ccccc3)c(C(=O)Nc3ccccc3)c2C2CC2)OC(C)(C)O1. The van der Waals surface area contributed by atoms with E-state index in [-0.39, 0.29) is 42.2 Å². The first-order valence-electron chi connectivity index (χ1n) is 16.9. The third-order valence-corrected chi connectivity index (χ3v) is 8.62. The average Bonchev–Trinajstić information content (AvgIpc) is 3.80. The second-order valence-electron chi connectivity index (χ2n) is 14.3. The molecule has 1 saturated heterocycles. The standard InChI is InChI=1S/C40H45FN2O5/c1-39(2,3)48-33(44)25-32-24-31(46-40(4,5)47-32)22-23-43-36(28-18-20-29(41)21-19-28)34(26-12-8-6-9-13-26)35(37(43)27-16-17-27)38(45)42-30-14-10-7-11-15-30/h6-15,18-21,27,31-32H,16-17,22-25H2,1-5H3,(H,42,45). The van der Waals surface area contributed by atoms with E-state index in [2.05, 4.69) is 9.88 Å². The molecule has 7 nitrogen and oxygen atoms in total. The second kappa shape index (κ2) is 13.7. The number of nitrogens with zero attached hydrogens (tertiary/aromatic N) is 1. The summed E-state index contributed by atoms with van der Waals surface area (Å²) in [5.74, 6) is -1.47.